The van der Waals surface area contributed by atoms with Gasteiger partial charge in [-0.15, -0.1) is 0 Å². The number of piperidine rings is 1. The van der Waals surface area contributed by atoms with Gasteiger partial charge in [0, 0.05) is 25.0 Å². The predicted octanol–water partition coefficient (Wildman–Crippen LogP) is 1.92. The van der Waals surface area contributed by atoms with Crippen LogP contribution in [0.3, 0.4) is 0 Å². The number of hydrogen-bond acceptors (Lipinski definition) is 4. The van der Waals surface area contributed by atoms with E-state index in [1.807, 2.05) is 19.9 Å². The Morgan fingerprint density at radius 2 is 2.06 bits per heavy atom. The van der Waals surface area contributed by atoms with Gasteiger partial charge in [-0.1, -0.05) is 0 Å². The first-order valence-corrected chi connectivity index (χ1v) is 6.89. The van der Waals surface area contributed by atoms with Crippen molar-refractivity contribution in [1.82, 2.24) is 15.3 Å². The summed E-state index contributed by atoms with van der Waals surface area (Å²) in [5, 5.41) is 3.47. The van der Waals surface area contributed by atoms with E-state index < -0.39 is 0 Å². The second-order valence-corrected chi connectivity index (χ2v) is 5.37. The fourth-order valence-electron chi connectivity index (χ4n) is 2.52. The summed E-state index contributed by atoms with van der Waals surface area (Å²) in [5.41, 5.74) is 2.09. The van der Waals surface area contributed by atoms with Crippen molar-refractivity contribution in [2.24, 2.45) is 5.92 Å². The zero-order valence-corrected chi connectivity index (χ0v) is 11.7. The van der Waals surface area contributed by atoms with Crippen molar-refractivity contribution >= 4 is 5.95 Å². The van der Waals surface area contributed by atoms with Crippen LogP contribution >= 0.6 is 0 Å². The van der Waals surface area contributed by atoms with Crippen molar-refractivity contribution in [2.75, 3.05) is 31.6 Å². The zero-order chi connectivity index (χ0) is 13.0. The number of hydrogen-bond donors (Lipinski definition) is 1. The van der Waals surface area contributed by atoms with Crippen molar-refractivity contribution in [3.63, 3.8) is 0 Å². The molecular weight excluding hydrogens is 224 g/mol. The lowest BCUT2D eigenvalue weighted by Crippen LogP contribution is -2.32. The molecule has 4 nitrogen and oxygen atoms in total. The molecular formula is C14H24N4. The van der Waals surface area contributed by atoms with Gasteiger partial charge in [0.05, 0.1) is 0 Å². The summed E-state index contributed by atoms with van der Waals surface area (Å²) < 4.78 is 0. The van der Waals surface area contributed by atoms with E-state index in [0.29, 0.717) is 0 Å². The van der Waals surface area contributed by atoms with Crippen LogP contribution in [0.1, 0.15) is 30.7 Å². The topological polar surface area (TPSA) is 41.1 Å². The molecule has 0 aliphatic carbocycles. The number of aromatic nitrogens is 2. The van der Waals surface area contributed by atoms with E-state index in [0.717, 1.165) is 29.8 Å². The van der Waals surface area contributed by atoms with Crippen molar-refractivity contribution < 1.29 is 0 Å². The molecule has 18 heavy (non-hydrogen) atoms. The SMILES string of the molecule is Cc1cc(C)nc(N(C)CCC2CCCNC2)n1. The van der Waals surface area contributed by atoms with Gasteiger partial charge in [-0.05, 0) is 58.2 Å². The Labute approximate surface area is 110 Å². The summed E-state index contributed by atoms with van der Waals surface area (Å²) in [7, 11) is 2.09. The van der Waals surface area contributed by atoms with Crippen LogP contribution in [-0.4, -0.2) is 36.6 Å². The van der Waals surface area contributed by atoms with E-state index in [4.69, 9.17) is 0 Å². The molecule has 1 aliphatic heterocycles. The van der Waals surface area contributed by atoms with Crippen molar-refractivity contribution in [2.45, 2.75) is 33.1 Å². The quantitative estimate of drug-likeness (QED) is 0.884. The van der Waals surface area contributed by atoms with E-state index in [2.05, 4.69) is 27.2 Å². The molecule has 1 fully saturated rings. The summed E-state index contributed by atoms with van der Waals surface area (Å²) in [4.78, 5) is 11.2. The van der Waals surface area contributed by atoms with Gasteiger partial charge in [-0.3, -0.25) is 0 Å². The lowest BCUT2D eigenvalue weighted by Gasteiger charge is -2.25. The normalized spacial score (nSPS) is 19.8. The molecule has 1 aromatic rings. The molecule has 0 bridgehead atoms. The van der Waals surface area contributed by atoms with Gasteiger partial charge in [-0.25, -0.2) is 9.97 Å². The van der Waals surface area contributed by atoms with Gasteiger partial charge in [0.2, 0.25) is 5.95 Å². The molecule has 1 N–H and O–H groups in total. The Kier molecular flexibility index (Phi) is 4.53. The minimum Gasteiger partial charge on any atom is -0.344 e. The van der Waals surface area contributed by atoms with Crippen LogP contribution in [0.25, 0.3) is 0 Å². The van der Waals surface area contributed by atoms with Crippen LogP contribution in [-0.2, 0) is 0 Å². The summed E-state index contributed by atoms with van der Waals surface area (Å²) >= 11 is 0. The van der Waals surface area contributed by atoms with Gasteiger partial charge in [0.25, 0.3) is 0 Å². The van der Waals surface area contributed by atoms with Gasteiger partial charge >= 0.3 is 0 Å². The standard InChI is InChI=1S/C14H24N4/c1-11-9-12(2)17-14(16-11)18(3)8-6-13-5-4-7-15-10-13/h9,13,15H,4-8,10H2,1-3H3. The Balaban J connectivity index is 1.88. The van der Waals surface area contributed by atoms with Crippen molar-refractivity contribution in [3.05, 3.63) is 17.5 Å². The maximum Gasteiger partial charge on any atom is 0.225 e. The van der Waals surface area contributed by atoms with Crippen LogP contribution in [0, 0.1) is 19.8 Å². The lowest BCUT2D eigenvalue weighted by molar-refractivity contribution is 0.360. The Hall–Kier alpha value is -1.16. The van der Waals surface area contributed by atoms with E-state index in [1.54, 1.807) is 0 Å². The molecule has 0 spiro atoms. The first-order chi connectivity index (χ1) is 8.65. The Morgan fingerprint density at radius 1 is 1.33 bits per heavy atom. The van der Waals surface area contributed by atoms with Crippen LogP contribution in [0.2, 0.25) is 0 Å². The molecule has 1 unspecified atom stereocenters. The Bertz CT molecular complexity index is 365. The molecule has 0 saturated carbocycles. The van der Waals surface area contributed by atoms with E-state index in [1.165, 1.54) is 32.4 Å². The molecule has 1 atom stereocenters. The molecule has 1 aromatic heterocycles. The number of anilines is 1. The zero-order valence-electron chi connectivity index (χ0n) is 11.7. The average molecular weight is 248 g/mol. The molecule has 0 amide bonds. The predicted molar refractivity (Wildman–Crippen MR) is 75.0 cm³/mol. The highest BCUT2D eigenvalue weighted by Crippen LogP contribution is 2.16. The van der Waals surface area contributed by atoms with E-state index >= 15 is 0 Å². The fraction of sp³-hybridized carbons (Fsp3) is 0.714. The highest BCUT2D eigenvalue weighted by molar-refractivity contribution is 5.30. The Morgan fingerprint density at radius 3 is 2.67 bits per heavy atom. The molecule has 100 valence electrons. The van der Waals surface area contributed by atoms with Crippen LogP contribution in [0.15, 0.2) is 6.07 Å². The second kappa shape index (κ2) is 6.14. The van der Waals surface area contributed by atoms with Crippen molar-refractivity contribution in [1.29, 1.82) is 0 Å². The molecule has 2 rings (SSSR count). The molecule has 1 saturated heterocycles. The third-order valence-corrected chi connectivity index (χ3v) is 3.58. The van der Waals surface area contributed by atoms with Crippen molar-refractivity contribution in [3.8, 4) is 0 Å². The first kappa shape index (κ1) is 13.3. The number of nitrogens with one attached hydrogen (secondary N) is 1. The third kappa shape index (κ3) is 3.67. The summed E-state index contributed by atoms with van der Waals surface area (Å²) in [5.74, 6) is 1.67. The highest BCUT2D eigenvalue weighted by Gasteiger charge is 2.14. The maximum atomic E-state index is 4.50. The highest BCUT2D eigenvalue weighted by atomic mass is 15.2. The smallest absolute Gasteiger partial charge is 0.225 e. The van der Waals surface area contributed by atoms with Crippen LogP contribution in [0.4, 0.5) is 5.95 Å². The largest absolute Gasteiger partial charge is 0.344 e. The van der Waals surface area contributed by atoms with Crippen LogP contribution in [0.5, 0.6) is 0 Å². The summed E-state index contributed by atoms with van der Waals surface area (Å²) in [6.07, 6.45) is 3.89. The molecule has 4 heteroatoms. The third-order valence-electron chi connectivity index (χ3n) is 3.58. The average Bonchev–Trinajstić information content (AvgIpc) is 2.36. The summed E-state index contributed by atoms with van der Waals surface area (Å²) in [6.45, 7) is 7.44. The number of aryl methyl sites for hydroxylation is 2. The maximum absolute atomic E-state index is 4.50. The first-order valence-electron chi connectivity index (χ1n) is 6.89. The van der Waals surface area contributed by atoms with Gasteiger partial charge < -0.3 is 10.2 Å². The van der Waals surface area contributed by atoms with Gasteiger partial charge in [-0.2, -0.15) is 0 Å². The lowest BCUT2D eigenvalue weighted by atomic mass is 9.96. The number of nitrogens with zero attached hydrogens (tertiary/aromatic N) is 3. The monoisotopic (exact) mass is 248 g/mol. The van der Waals surface area contributed by atoms with Gasteiger partial charge in [0.15, 0.2) is 0 Å². The number of rotatable bonds is 4. The molecule has 0 aromatic carbocycles. The summed E-state index contributed by atoms with van der Waals surface area (Å²) in [6, 6.07) is 2.02. The minimum absolute atomic E-state index is 0.812. The van der Waals surface area contributed by atoms with E-state index in [9.17, 15) is 0 Å². The molecule has 1 aliphatic rings. The van der Waals surface area contributed by atoms with E-state index in [-0.39, 0.29) is 0 Å². The molecule has 2 heterocycles. The molecule has 0 radical (unpaired) electrons. The second-order valence-electron chi connectivity index (χ2n) is 5.37. The fourth-order valence-corrected chi connectivity index (χ4v) is 2.52. The van der Waals surface area contributed by atoms with Crippen LogP contribution < -0.4 is 10.2 Å². The van der Waals surface area contributed by atoms with Gasteiger partial charge in [0.1, 0.15) is 0 Å². The minimum atomic E-state index is 0.812.